The van der Waals surface area contributed by atoms with Crippen LogP contribution in [0, 0.1) is 12.7 Å². The van der Waals surface area contributed by atoms with E-state index in [4.69, 9.17) is 4.74 Å². The second kappa shape index (κ2) is 8.39. The molecule has 0 fully saturated rings. The number of halogens is 1. The zero-order valence-corrected chi connectivity index (χ0v) is 18.2. The van der Waals surface area contributed by atoms with Gasteiger partial charge in [0.2, 0.25) is 0 Å². The van der Waals surface area contributed by atoms with Crippen LogP contribution in [0.15, 0.2) is 48.7 Å². The molecule has 0 aliphatic heterocycles. The molecule has 3 N–H and O–H groups in total. The summed E-state index contributed by atoms with van der Waals surface area (Å²) < 4.78 is 21.0. The van der Waals surface area contributed by atoms with Crippen molar-refractivity contribution in [2.24, 2.45) is 0 Å². The van der Waals surface area contributed by atoms with E-state index in [0.717, 1.165) is 5.69 Å². The summed E-state index contributed by atoms with van der Waals surface area (Å²) in [4.78, 5) is 17.5. The third-order valence-corrected chi connectivity index (χ3v) is 5.13. The number of aromatic nitrogens is 5. The van der Waals surface area contributed by atoms with Crippen molar-refractivity contribution in [1.29, 1.82) is 0 Å². The van der Waals surface area contributed by atoms with Gasteiger partial charge in [-0.15, -0.1) is 5.10 Å². The van der Waals surface area contributed by atoms with Crippen molar-refractivity contribution in [3.8, 4) is 0 Å². The van der Waals surface area contributed by atoms with Gasteiger partial charge in [-0.2, -0.15) is 5.10 Å². The second-order valence-corrected chi connectivity index (χ2v) is 7.93. The Morgan fingerprint density at radius 3 is 2.66 bits per heavy atom. The summed E-state index contributed by atoms with van der Waals surface area (Å²) in [5.74, 6) is 0.412. The molecule has 10 heteroatoms. The quantitative estimate of drug-likeness (QED) is 0.381. The van der Waals surface area contributed by atoms with E-state index in [1.165, 1.54) is 12.1 Å². The summed E-state index contributed by atoms with van der Waals surface area (Å²) in [6.07, 6.45) is 0.812. The molecule has 4 aromatic rings. The van der Waals surface area contributed by atoms with Crippen molar-refractivity contribution in [2.75, 3.05) is 12.4 Å². The van der Waals surface area contributed by atoms with E-state index in [9.17, 15) is 9.18 Å². The van der Waals surface area contributed by atoms with Gasteiger partial charge in [-0.1, -0.05) is 12.1 Å². The molecule has 3 aromatic heterocycles. The summed E-state index contributed by atoms with van der Waals surface area (Å²) in [5.41, 5.74) is 1.21. The maximum absolute atomic E-state index is 13.6. The Morgan fingerprint density at radius 1 is 1.25 bits per heavy atom. The molecule has 32 heavy (non-hydrogen) atoms. The van der Waals surface area contributed by atoms with Crippen LogP contribution in [0.4, 0.5) is 16.0 Å². The van der Waals surface area contributed by atoms with Crippen molar-refractivity contribution in [1.82, 2.24) is 30.1 Å². The van der Waals surface area contributed by atoms with Crippen LogP contribution in [0.3, 0.4) is 0 Å². The number of aryl methyl sites for hydroxylation is 1. The summed E-state index contributed by atoms with van der Waals surface area (Å²) >= 11 is 0. The molecule has 1 unspecified atom stereocenters. The lowest BCUT2D eigenvalue weighted by molar-refractivity contribution is -0.154. The Balaban J connectivity index is 1.80. The first kappa shape index (κ1) is 21.4. The first-order valence-electron chi connectivity index (χ1n) is 10.1. The van der Waals surface area contributed by atoms with Crippen LogP contribution in [-0.2, 0) is 9.53 Å². The number of benzene rings is 1. The van der Waals surface area contributed by atoms with Gasteiger partial charge in [0.1, 0.15) is 16.9 Å². The maximum Gasteiger partial charge on any atom is 0.326 e. The molecule has 0 amide bonds. The van der Waals surface area contributed by atoms with Crippen LogP contribution in [0.25, 0.3) is 5.52 Å². The summed E-state index contributed by atoms with van der Waals surface area (Å²) in [6.45, 7) is 5.31. The summed E-state index contributed by atoms with van der Waals surface area (Å²) in [5, 5.41) is 17.7. The van der Waals surface area contributed by atoms with Gasteiger partial charge in [-0.3, -0.25) is 9.89 Å². The Bertz CT molecular complexity index is 1250. The largest absolute Gasteiger partial charge is 0.448 e. The number of rotatable bonds is 7. The van der Waals surface area contributed by atoms with Crippen molar-refractivity contribution >= 4 is 23.1 Å². The number of ether oxygens (including phenoxy) is 1. The Hall–Kier alpha value is -3.79. The van der Waals surface area contributed by atoms with Gasteiger partial charge in [-0.25, -0.2) is 13.9 Å². The number of carbonyl (C=O) groups excluding carboxylic acids is 1. The van der Waals surface area contributed by atoms with Gasteiger partial charge in [-0.05, 0) is 52.1 Å². The molecular formula is C22H24FN7O2. The Labute approximate surface area is 184 Å². The number of H-pyrrole nitrogens is 1. The predicted molar refractivity (Wildman–Crippen MR) is 117 cm³/mol. The molecule has 1 aromatic carbocycles. The molecule has 166 valence electrons. The fraction of sp³-hybridized carbons (Fsp3) is 0.273. The minimum absolute atomic E-state index is 0.232. The lowest BCUT2D eigenvalue weighted by Crippen LogP contribution is -2.46. The lowest BCUT2D eigenvalue weighted by Gasteiger charge is -2.26. The zero-order valence-electron chi connectivity index (χ0n) is 18.2. The molecule has 0 spiro atoms. The number of anilines is 2. The van der Waals surface area contributed by atoms with Crippen molar-refractivity contribution < 1.29 is 13.9 Å². The molecule has 0 saturated heterocycles. The number of esters is 1. The first-order chi connectivity index (χ1) is 15.3. The Morgan fingerprint density at radius 2 is 2.00 bits per heavy atom. The van der Waals surface area contributed by atoms with E-state index < -0.39 is 23.4 Å². The topological polar surface area (TPSA) is 109 Å². The second-order valence-electron chi connectivity index (χ2n) is 7.93. The standard InChI is InChI=1S/C22H24FN7O2/c1-13-12-17(28-27-13)25-19-16-6-5-11-30(16)29-20(26-19)18(14-7-9-15(23)10-8-14)32-21(31)22(2,3)24-4/h5-12,18,24H,1-4H3,(H2,25,26,27,28,29). The van der Waals surface area contributed by atoms with Gasteiger partial charge in [0, 0.05) is 23.5 Å². The van der Waals surface area contributed by atoms with Crippen molar-refractivity contribution in [3.05, 3.63) is 71.6 Å². The number of fused-ring (bicyclic) bond motifs is 1. The fourth-order valence-electron chi connectivity index (χ4n) is 3.02. The molecule has 0 aliphatic rings. The molecular weight excluding hydrogens is 413 g/mol. The number of hydrogen-bond acceptors (Lipinski definition) is 7. The number of carbonyl (C=O) groups is 1. The van der Waals surface area contributed by atoms with Crippen molar-refractivity contribution in [3.63, 3.8) is 0 Å². The number of nitrogens with zero attached hydrogens (tertiary/aromatic N) is 4. The Kier molecular flexibility index (Phi) is 5.62. The number of likely N-dealkylation sites (N-methyl/N-ethyl adjacent to an activating group) is 1. The van der Waals surface area contributed by atoms with Gasteiger partial charge in [0.05, 0.1) is 0 Å². The van der Waals surface area contributed by atoms with Crippen LogP contribution >= 0.6 is 0 Å². The van der Waals surface area contributed by atoms with Crippen LogP contribution in [-0.4, -0.2) is 43.4 Å². The third-order valence-electron chi connectivity index (χ3n) is 5.13. The van der Waals surface area contributed by atoms with E-state index in [0.29, 0.717) is 22.7 Å². The van der Waals surface area contributed by atoms with Crippen LogP contribution in [0.2, 0.25) is 0 Å². The molecule has 0 bridgehead atoms. The van der Waals surface area contributed by atoms with E-state index in [2.05, 4.69) is 30.9 Å². The zero-order chi connectivity index (χ0) is 22.9. The van der Waals surface area contributed by atoms with Gasteiger partial charge in [0.25, 0.3) is 0 Å². The third kappa shape index (κ3) is 4.30. The van der Waals surface area contributed by atoms with Crippen LogP contribution in [0.1, 0.15) is 37.0 Å². The average molecular weight is 437 g/mol. The van der Waals surface area contributed by atoms with Gasteiger partial charge < -0.3 is 15.4 Å². The fourth-order valence-corrected chi connectivity index (χ4v) is 3.02. The van der Waals surface area contributed by atoms with Crippen molar-refractivity contribution in [2.45, 2.75) is 32.4 Å². The molecule has 4 rings (SSSR count). The SMILES string of the molecule is CNC(C)(C)C(=O)OC(c1ccc(F)cc1)c1nc(Nc2cc(C)[nH]n2)c2cccn2n1. The minimum Gasteiger partial charge on any atom is -0.448 e. The van der Waals surface area contributed by atoms with Crippen LogP contribution < -0.4 is 10.6 Å². The molecule has 1 atom stereocenters. The summed E-state index contributed by atoms with van der Waals surface area (Å²) in [6, 6.07) is 11.2. The highest BCUT2D eigenvalue weighted by Gasteiger charge is 2.32. The molecule has 3 heterocycles. The highest BCUT2D eigenvalue weighted by Crippen LogP contribution is 2.28. The average Bonchev–Trinajstić information content (AvgIpc) is 3.41. The van der Waals surface area contributed by atoms with E-state index in [1.807, 2.05) is 25.1 Å². The smallest absolute Gasteiger partial charge is 0.326 e. The number of hydrogen-bond donors (Lipinski definition) is 3. The van der Waals surface area contributed by atoms with Crippen LogP contribution in [0.5, 0.6) is 0 Å². The summed E-state index contributed by atoms with van der Waals surface area (Å²) in [7, 11) is 1.67. The number of aromatic amines is 1. The predicted octanol–water partition coefficient (Wildman–Crippen LogP) is 3.27. The molecule has 9 nitrogen and oxygen atoms in total. The number of nitrogens with one attached hydrogen (secondary N) is 3. The van der Waals surface area contributed by atoms with Gasteiger partial charge in [0.15, 0.2) is 23.6 Å². The normalized spacial score (nSPS) is 12.7. The highest BCUT2D eigenvalue weighted by atomic mass is 19.1. The lowest BCUT2D eigenvalue weighted by atomic mass is 10.1. The maximum atomic E-state index is 13.6. The molecule has 0 saturated carbocycles. The highest BCUT2D eigenvalue weighted by molar-refractivity contribution is 5.80. The van der Waals surface area contributed by atoms with E-state index in [1.54, 1.807) is 43.7 Å². The molecule has 0 radical (unpaired) electrons. The van der Waals surface area contributed by atoms with E-state index >= 15 is 0 Å². The monoisotopic (exact) mass is 437 g/mol. The van der Waals surface area contributed by atoms with Gasteiger partial charge >= 0.3 is 5.97 Å². The first-order valence-corrected chi connectivity index (χ1v) is 10.1. The van der Waals surface area contributed by atoms with E-state index in [-0.39, 0.29) is 5.82 Å². The minimum atomic E-state index is -0.955. The molecule has 0 aliphatic carbocycles.